The molecule has 2 rings (SSSR count). The smallest absolute Gasteiger partial charge is 0.299 e. The largest absolute Gasteiger partial charge is 0.459 e. The Kier molecular flexibility index (Phi) is 4.87. The van der Waals surface area contributed by atoms with E-state index < -0.39 is 21.4 Å². The van der Waals surface area contributed by atoms with Crippen molar-refractivity contribution in [2.75, 3.05) is 18.4 Å². The zero-order chi connectivity index (χ0) is 16.8. The molecule has 0 spiro atoms. The van der Waals surface area contributed by atoms with Gasteiger partial charge in [-0.15, -0.1) is 0 Å². The van der Waals surface area contributed by atoms with Gasteiger partial charge >= 0.3 is 0 Å². The number of nitrogens with one attached hydrogen (secondary N) is 2. The summed E-state index contributed by atoms with van der Waals surface area (Å²) in [5, 5.41) is 26.9. The lowest BCUT2D eigenvalue weighted by atomic mass is 10.2. The van der Waals surface area contributed by atoms with Crippen molar-refractivity contribution in [2.24, 2.45) is 0 Å². The monoisotopic (exact) mass is 320 g/mol. The van der Waals surface area contributed by atoms with Gasteiger partial charge in [0.25, 0.3) is 17.3 Å². The highest BCUT2D eigenvalue weighted by Crippen LogP contribution is 2.28. The third-order valence-electron chi connectivity index (χ3n) is 2.86. The summed E-state index contributed by atoms with van der Waals surface area (Å²) in [5.41, 5.74) is -0.641. The fourth-order valence-electron chi connectivity index (χ4n) is 1.80. The zero-order valence-corrected chi connectivity index (χ0v) is 11.7. The van der Waals surface area contributed by atoms with Gasteiger partial charge in [0.05, 0.1) is 22.2 Å². The zero-order valence-electron chi connectivity index (χ0n) is 11.7. The molecule has 0 fully saturated rings. The number of hydrogen-bond donors (Lipinski definition) is 2. The molecule has 10 nitrogen and oxygen atoms in total. The molecular weight excluding hydrogens is 308 g/mol. The fourth-order valence-corrected chi connectivity index (χ4v) is 1.80. The Morgan fingerprint density at radius 3 is 2.52 bits per heavy atom. The molecule has 2 aromatic rings. The lowest BCUT2D eigenvalue weighted by molar-refractivity contribution is -0.393. The van der Waals surface area contributed by atoms with Crippen LogP contribution in [0.4, 0.5) is 17.1 Å². The molecule has 0 atom stereocenters. The van der Waals surface area contributed by atoms with E-state index in [0.717, 1.165) is 12.1 Å². The molecule has 2 N–H and O–H groups in total. The molecule has 23 heavy (non-hydrogen) atoms. The van der Waals surface area contributed by atoms with Crippen molar-refractivity contribution in [3.8, 4) is 0 Å². The number of nitro benzene ring substituents is 2. The second kappa shape index (κ2) is 7.02. The highest BCUT2D eigenvalue weighted by molar-refractivity contribution is 5.91. The van der Waals surface area contributed by atoms with Crippen LogP contribution in [0.1, 0.15) is 10.6 Å². The first kappa shape index (κ1) is 15.9. The maximum atomic E-state index is 11.6. The van der Waals surface area contributed by atoms with Gasteiger partial charge in [0, 0.05) is 19.2 Å². The van der Waals surface area contributed by atoms with E-state index in [1.807, 2.05) is 0 Å². The maximum Gasteiger partial charge on any atom is 0.299 e. The van der Waals surface area contributed by atoms with Crippen molar-refractivity contribution in [2.45, 2.75) is 0 Å². The Balaban J connectivity index is 1.94. The highest BCUT2D eigenvalue weighted by atomic mass is 16.6. The molecule has 0 radical (unpaired) electrons. The predicted octanol–water partition coefficient (Wildman–Crippen LogP) is 1.94. The van der Waals surface area contributed by atoms with Crippen LogP contribution >= 0.6 is 0 Å². The van der Waals surface area contributed by atoms with Crippen LogP contribution < -0.4 is 10.6 Å². The molecule has 1 heterocycles. The topological polar surface area (TPSA) is 141 Å². The molecule has 1 aromatic heterocycles. The summed E-state index contributed by atoms with van der Waals surface area (Å²) >= 11 is 0. The minimum absolute atomic E-state index is 0.132. The minimum Gasteiger partial charge on any atom is -0.459 e. The molecular formula is C13H12N4O6. The van der Waals surface area contributed by atoms with E-state index in [0.29, 0.717) is 0 Å². The molecule has 0 aliphatic rings. The minimum atomic E-state index is -0.712. The first-order valence-corrected chi connectivity index (χ1v) is 6.47. The number of non-ortho nitro benzene ring substituents is 1. The number of carbonyl (C=O) groups is 1. The number of nitrogens with zero attached hydrogens (tertiary/aromatic N) is 2. The number of rotatable bonds is 7. The summed E-state index contributed by atoms with van der Waals surface area (Å²) in [5.74, 6) is -0.249. The van der Waals surface area contributed by atoms with Crippen LogP contribution in [-0.2, 0) is 0 Å². The van der Waals surface area contributed by atoms with Crippen molar-refractivity contribution >= 4 is 23.0 Å². The van der Waals surface area contributed by atoms with Crippen LogP contribution in [0.25, 0.3) is 0 Å². The first-order chi connectivity index (χ1) is 11.0. The van der Waals surface area contributed by atoms with E-state index in [-0.39, 0.29) is 30.2 Å². The van der Waals surface area contributed by atoms with Crippen LogP contribution in [0.2, 0.25) is 0 Å². The molecule has 0 aliphatic heterocycles. The molecule has 0 unspecified atom stereocenters. The van der Waals surface area contributed by atoms with Gasteiger partial charge in [-0.05, 0) is 18.2 Å². The van der Waals surface area contributed by atoms with E-state index in [9.17, 15) is 25.0 Å². The molecule has 120 valence electrons. The summed E-state index contributed by atoms with van der Waals surface area (Å²) in [6.45, 7) is 0.388. The lowest BCUT2D eigenvalue weighted by Crippen LogP contribution is -2.28. The summed E-state index contributed by atoms with van der Waals surface area (Å²) < 4.78 is 4.91. The van der Waals surface area contributed by atoms with E-state index in [1.165, 1.54) is 18.4 Å². The third kappa shape index (κ3) is 4.03. The van der Waals surface area contributed by atoms with Gasteiger partial charge in [0.1, 0.15) is 5.69 Å². The predicted molar refractivity (Wildman–Crippen MR) is 79.3 cm³/mol. The van der Waals surface area contributed by atoms with Crippen molar-refractivity contribution in [3.63, 3.8) is 0 Å². The first-order valence-electron chi connectivity index (χ1n) is 6.47. The number of furan rings is 1. The van der Waals surface area contributed by atoms with Crippen molar-refractivity contribution < 1.29 is 19.1 Å². The lowest BCUT2D eigenvalue weighted by Gasteiger charge is -2.07. The second-order valence-corrected chi connectivity index (χ2v) is 4.38. The normalized spacial score (nSPS) is 10.1. The van der Waals surface area contributed by atoms with Gasteiger partial charge in [-0.25, -0.2) is 0 Å². The quantitative estimate of drug-likeness (QED) is 0.451. The van der Waals surface area contributed by atoms with Crippen LogP contribution in [0.3, 0.4) is 0 Å². The van der Waals surface area contributed by atoms with Gasteiger partial charge < -0.3 is 15.1 Å². The van der Waals surface area contributed by atoms with Crippen LogP contribution in [0.5, 0.6) is 0 Å². The Bertz CT molecular complexity index is 728. The molecule has 0 saturated heterocycles. The number of hydrogen-bond acceptors (Lipinski definition) is 7. The van der Waals surface area contributed by atoms with Crippen molar-refractivity contribution in [3.05, 3.63) is 62.6 Å². The standard InChI is InChI=1S/C13H12N4O6/c18-13(12-2-1-7-23-12)15-6-5-14-10-4-3-9(16(19)20)8-11(10)17(21)22/h1-4,7-8,14H,5-6H2,(H,15,18). The number of carbonyl (C=O) groups excluding carboxylic acids is 1. The molecule has 1 aromatic carbocycles. The number of benzene rings is 1. The fraction of sp³-hybridized carbons (Fsp3) is 0.154. The summed E-state index contributed by atoms with van der Waals surface area (Å²) in [6.07, 6.45) is 1.37. The second-order valence-electron chi connectivity index (χ2n) is 4.38. The molecule has 0 saturated carbocycles. The summed E-state index contributed by atoms with van der Waals surface area (Å²) in [6, 6.07) is 6.38. The summed E-state index contributed by atoms with van der Waals surface area (Å²) in [7, 11) is 0. The van der Waals surface area contributed by atoms with Crippen molar-refractivity contribution in [1.29, 1.82) is 0 Å². The van der Waals surface area contributed by atoms with E-state index >= 15 is 0 Å². The van der Waals surface area contributed by atoms with Crippen molar-refractivity contribution in [1.82, 2.24) is 5.32 Å². The van der Waals surface area contributed by atoms with Crippen LogP contribution in [0, 0.1) is 20.2 Å². The molecule has 1 amide bonds. The van der Waals surface area contributed by atoms with Gasteiger partial charge in [0.15, 0.2) is 5.76 Å². The van der Waals surface area contributed by atoms with Gasteiger partial charge in [-0.3, -0.25) is 25.0 Å². The highest BCUT2D eigenvalue weighted by Gasteiger charge is 2.19. The number of amides is 1. The molecule has 10 heteroatoms. The Labute approximate surface area is 129 Å². The average Bonchev–Trinajstić information content (AvgIpc) is 3.05. The average molecular weight is 320 g/mol. The Hall–Kier alpha value is -3.43. The van der Waals surface area contributed by atoms with Gasteiger partial charge in [-0.1, -0.05) is 0 Å². The van der Waals surface area contributed by atoms with Crippen LogP contribution in [-0.4, -0.2) is 28.8 Å². The Morgan fingerprint density at radius 2 is 1.91 bits per heavy atom. The number of nitro groups is 2. The Morgan fingerprint density at radius 1 is 1.13 bits per heavy atom. The van der Waals surface area contributed by atoms with Gasteiger partial charge in [0.2, 0.25) is 0 Å². The van der Waals surface area contributed by atoms with E-state index in [1.54, 1.807) is 6.07 Å². The van der Waals surface area contributed by atoms with E-state index in [2.05, 4.69) is 10.6 Å². The maximum absolute atomic E-state index is 11.6. The SMILES string of the molecule is O=C(NCCNc1ccc([N+](=O)[O-])cc1[N+](=O)[O-])c1ccco1. The van der Waals surface area contributed by atoms with E-state index in [4.69, 9.17) is 4.42 Å². The van der Waals surface area contributed by atoms with Crippen LogP contribution in [0.15, 0.2) is 41.0 Å². The number of anilines is 1. The third-order valence-corrected chi connectivity index (χ3v) is 2.86. The molecule has 0 aliphatic carbocycles. The molecule has 0 bridgehead atoms. The summed E-state index contributed by atoms with van der Waals surface area (Å²) in [4.78, 5) is 31.8. The van der Waals surface area contributed by atoms with Gasteiger partial charge in [-0.2, -0.15) is 0 Å².